The van der Waals surface area contributed by atoms with E-state index in [-0.39, 0.29) is 10.6 Å². The second-order valence-electron chi connectivity index (χ2n) is 3.68. The molecular formula is C12H12BrFN2O2. The van der Waals surface area contributed by atoms with Gasteiger partial charge in [0, 0.05) is 5.56 Å². The van der Waals surface area contributed by atoms with Gasteiger partial charge in [-0.3, -0.25) is 0 Å². The van der Waals surface area contributed by atoms with Gasteiger partial charge in [0.2, 0.25) is 11.7 Å². The van der Waals surface area contributed by atoms with Crippen molar-refractivity contribution in [1.29, 1.82) is 0 Å². The summed E-state index contributed by atoms with van der Waals surface area (Å²) in [7, 11) is 1.41. The van der Waals surface area contributed by atoms with Crippen molar-refractivity contribution in [2.75, 3.05) is 7.11 Å². The van der Waals surface area contributed by atoms with E-state index in [1.807, 2.05) is 6.92 Å². The van der Waals surface area contributed by atoms with Crippen LogP contribution in [0.5, 0.6) is 5.75 Å². The van der Waals surface area contributed by atoms with Crippen LogP contribution in [0.3, 0.4) is 0 Å². The Morgan fingerprint density at radius 1 is 1.50 bits per heavy atom. The summed E-state index contributed by atoms with van der Waals surface area (Å²) in [5.41, 5.74) is 0.652. The maximum absolute atomic E-state index is 13.3. The molecule has 0 amide bonds. The number of halogens is 2. The number of alkyl halides is 1. The zero-order chi connectivity index (χ0) is 13.1. The van der Waals surface area contributed by atoms with Gasteiger partial charge in [0.05, 0.1) is 11.9 Å². The van der Waals surface area contributed by atoms with Crippen LogP contribution < -0.4 is 4.74 Å². The summed E-state index contributed by atoms with van der Waals surface area (Å²) in [4.78, 5) is 4.28. The quantitative estimate of drug-likeness (QED) is 0.807. The fraction of sp³-hybridized carbons (Fsp3) is 0.333. The van der Waals surface area contributed by atoms with Crippen molar-refractivity contribution in [3.05, 3.63) is 29.9 Å². The lowest BCUT2D eigenvalue weighted by Gasteiger charge is -2.02. The third-order valence-electron chi connectivity index (χ3n) is 2.48. The van der Waals surface area contributed by atoms with Crippen molar-refractivity contribution in [2.45, 2.75) is 18.2 Å². The Morgan fingerprint density at radius 2 is 2.28 bits per heavy atom. The minimum atomic E-state index is -0.420. The Morgan fingerprint density at radius 3 is 2.94 bits per heavy atom. The van der Waals surface area contributed by atoms with E-state index in [0.717, 1.165) is 6.42 Å². The van der Waals surface area contributed by atoms with E-state index in [9.17, 15) is 4.39 Å². The van der Waals surface area contributed by atoms with E-state index in [1.54, 1.807) is 12.1 Å². The SMILES string of the molecule is CCC(Br)c1nc(-c2ccc(F)c(OC)c2)no1. The molecule has 96 valence electrons. The van der Waals surface area contributed by atoms with Gasteiger partial charge >= 0.3 is 0 Å². The molecule has 0 aliphatic rings. The van der Waals surface area contributed by atoms with Crippen LogP contribution in [0, 0.1) is 5.82 Å². The van der Waals surface area contributed by atoms with Crippen molar-refractivity contribution in [3.63, 3.8) is 0 Å². The van der Waals surface area contributed by atoms with Gasteiger partial charge in [-0.05, 0) is 24.6 Å². The zero-order valence-corrected chi connectivity index (χ0v) is 11.6. The number of aromatic nitrogens is 2. The Kier molecular flexibility index (Phi) is 3.96. The highest BCUT2D eigenvalue weighted by atomic mass is 79.9. The van der Waals surface area contributed by atoms with Gasteiger partial charge in [-0.2, -0.15) is 4.98 Å². The van der Waals surface area contributed by atoms with Crippen LogP contribution in [0.2, 0.25) is 0 Å². The maximum Gasteiger partial charge on any atom is 0.240 e. The number of hydrogen-bond donors (Lipinski definition) is 0. The predicted octanol–water partition coefficient (Wildman–Crippen LogP) is 3.73. The Balaban J connectivity index is 2.34. The molecular weight excluding hydrogens is 303 g/mol. The monoisotopic (exact) mass is 314 g/mol. The number of rotatable bonds is 4. The van der Waals surface area contributed by atoms with Gasteiger partial charge < -0.3 is 9.26 Å². The predicted molar refractivity (Wildman–Crippen MR) is 68.2 cm³/mol. The van der Waals surface area contributed by atoms with E-state index >= 15 is 0 Å². The van der Waals surface area contributed by atoms with E-state index in [2.05, 4.69) is 26.1 Å². The van der Waals surface area contributed by atoms with Crippen LogP contribution >= 0.6 is 15.9 Å². The summed E-state index contributed by atoms with van der Waals surface area (Å²) >= 11 is 3.43. The number of hydrogen-bond acceptors (Lipinski definition) is 4. The normalized spacial score (nSPS) is 12.4. The van der Waals surface area contributed by atoms with Crippen molar-refractivity contribution in [3.8, 4) is 17.1 Å². The van der Waals surface area contributed by atoms with E-state index in [1.165, 1.54) is 13.2 Å². The van der Waals surface area contributed by atoms with Gasteiger partial charge in [0.15, 0.2) is 11.6 Å². The highest BCUT2D eigenvalue weighted by molar-refractivity contribution is 9.09. The third kappa shape index (κ3) is 2.53. The van der Waals surface area contributed by atoms with Crippen LogP contribution in [0.1, 0.15) is 24.1 Å². The molecule has 2 aromatic rings. The van der Waals surface area contributed by atoms with Crippen LogP contribution in [-0.2, 0) is 0 Å². The minimum Gasteiger partial charge on any atom is -0.494 e. The molecule has 0 saturated carbocycles. The molecule has 0 bridgehead atoms. The Hall–Kier alpha value is -1.43. The van der Waals surface area contributed by atoms with E-state index < -0.39 is 5.82 Å². The molecule has 0 saturated heterocycles. The highest BCUT2D eigenvalue weighted by Crippen LogP contribution is 2.28. The summed E-state index contributed by atoms with van der Waals surface area (Å²) in [5, 5.41) is 3.87. The van der Waals surface area contributed by atoms with Crippen LogP contribution in [-0.4, -0.2) is 17.3 Å². The van der Waals surface area contributed by atoms with Crippen LogP contribution in [0.25, 0.3) is 11.4 Å². The van der Waals surface area contributed by atoms with Gasteiger partial charge in [0.1, 0.15) is 0 Å². The molecule has 0 spiro atoms. The fourth-order valence-corrected chi connectivity index (χ4v) is 1.64. The molecule has 0 radical (unpaired) electrons. The molecule has 6 heteroatoms. The summed E-state index contributed by atoms with van der Waals surface area (Å²) in [6, 6.07) is 4.44. The molecule has 0 aliphatic carbocycles. The molecule has 4 nitrogen and oxygen atoms in total. The number of ether oxygens (including phenoxy) is 1. The molecule has 1 aromatic carbocycles. The number of benzene rings is 1. The number of methoxy groups -OCH3 is 1. The summed E-state index contributed by atoms with van der Waals surface area (Å²) in [5.74, 6) is 0.665. The average molecular weight is 315 g/mol. The second-order valence-corrected chi connectivity index (χ2v) is 4.79. The first-order valence-corrected chi connectivity index (χ1v) is 6.38. The minimum absolute atomic E-state index is 0.0288. The third-order valence-corrected chi connectivity index (χ3v) is 3.52. The lowest BCUT2D eigenvalue weighted by molar-refractivity contribution is 0.376. The topological polar surface area (TPSA) is 48.2 Å². The molecule has 0 fully saturated rings. The van der Waals surface area contributed by atoms with E-state index in [4.69, 9.17) is 9.26 Å². The van der Waals surface area contributed by atoms with Crippen LogP contribution in [0.15, 0.2) is 22.7 Å². The summed E-state index contributed by atoms with van der Waals surface area (Å²) in [6.07, 6.45) is 0.842. The molecule has 2 rings (SSSR count). The fourth-order valence-electron chi connectivity index (χ4n) is 1.45. The van der Waals surface area contributed by atoms with Gasteiger partial charge in [0.25, 0.3) is 0 Å². The molecule has 0 aliphatic heterocycles. The van der Waals surface area contributed by atoms with Gasteiger partial charge in [-0.25, -0.2) is 4.39 Å². The molecule has 1 unspecified atom stereocenters. The van der Waals surface area contributed by atoms with Crippen molar-refractivity contribution < 1.29 is 13.7 Å². The molecule has 1 atom stereocenters. The first-order chi connectivity index (χ1) is 8.65. The smallest absolute Gasteiger partial charge is 0.240 e. The largest absolute Gasteiger partial charge is 0.494 e. The second kappa shape index (κ2) is 5.48. The lowest BCUT2D eigenvalue weighted by atomic mass is 10.2. The number of nitrogens with zero attached hydrogens (tertiary/aromatic N) is 2. The Labute approximate surface area is 112 Å². The maximum atomic E-state index is 13.3. The first-order valence-electron chi connectivity index (χ1n) is 5.47. The molecule has 1 heterocycles. The van der Waals surface area contributed by atoms with Gasteiger partial charge in [-0.15, -0.1) is 0 Å². The van der Waals surface area contributed by atoms with Crippen molar-refractivity contribution >= 4 is 15.9 Å². The first kappa shape index (κ1) is 13.0. The highest BCUT2D eigenvalue weighted by Gasteiger charge is 2.16. The van der Waals surface area contributed by atoms with E-state index in [0.29, 0.717) is 17.3 Å². The standard InChI is InChI=1S/C12H12BrFN2O2/c1-3-8(13)12-15-11(16-18-12)7-4-5-9(14)10(6-7)17-2/h4-6,8H,3H2,1-2H3. The van der Waals surface area contributed by atoms with Crippen molar-refractivity contribution in [1.82, 2.24) is 10.1 Å². The van der Waals surface area contributed by atoms with Crippen molar-refractivity contribution in [2.24, 2.45) is 0 Å². The van der Waals surface area contributed by atoms with Crippen LogP contribution in [0.4, 0.5) is 4.39 Å². The zero-order valence-electron chi connectivity index (χ0n) is 9.98. The molecule has 0 N–H and O–H groups in total. The molecule has 1 aromatic heterocycles. The average Bonchev–Trinajstić information content (AvgIpc) is 2.88. The summed E-state index contributed by atoms with van der Waals surface area (Å²) < 4.78 is 23.3. The molecule has 18 heavy (non-hydrogen) atoms. The Bertz CT molecular complexity index is 545. The lowest BCUT2D eigenvalue weighted by Crippen LogP contribution is -1.90. The van der Waals surface area contributed by atoms with Gasteiger partial charge in [-0.1, -0.05) is 28.0 Å². The summed E-state index contributed by atoms with van der Waals surface area (Å²) in [6.45, 7) is 2.00.